The predicted molar refractivity (Wildman–Crippen MR) is 110 cm³/mol. The Morgan fingerprint density at radius 1 is 0.704 bits per heavy atom. The topological polar surface area (TPSA) is 74.6 Å². The van der Waals surface area contributed by atoms with Gasteiger partial charge in [-0.05, 0) is 35.4 Å². The van der Waals surface area contributed by atoms with Crippen molar-refractivity contribution in [1.29, 1.82) is 0 Å². The highest BCUT2D eigenvalue weighted by molar-refractivity contribution is 7.99. The average Bonchev–Trinajstić information content (AvgIpc) is 2.61. The van der Waals surface area contributed by atoms with Crippen molar-refractivity contribution in [2.24, 2.45) is 0 Å². The molecule has 2 N–H and O–H groups in total. The Bertz CT molecular complexity index is 893. The van der Waals surface area contributed by atoms with Gasteiger partial charge in [0.05, 0.1) is 20.1 Å². The molecular weight excluding hydrogens is 454 g/mol. The van der Waals surface area contributed by atoms with Crippen LogP contribution in [0.1, 0.15) is 11.1 Å². The van der Waals surface area contributed by atoms with Gasteiger partial charge in [-0.3, -0.25) is 0 Å². The lowest BCUT2D eigenvalue weighted by molar-refractivity contribution is -0.132. The van der Waals surface area contributed by atoms with Crippen LogP contribution in [0.2, 0.25) is 20.1 Å². The molecule has 0 heterocycles. The van der Waals surface area contributed by atoms with Crippen LogP contribution in [0.4, 0.5) is 0 Å². The van der Waals surface area contributed by atoms with Crippen molar-refractivity contribution < 1.29 is 19.8 Å². The van der Waals surface area contributed by atoms with Crippen LogP contribution in [0.15, 0.2) is 46.2 Å². The van der Waals surface area contributed by atoms with Gasteiger partial charge in [0.25, 0.3) is 0 Å². The Labute approximate surface area is 179 Å². The van der Waals surface area contributed by atoms with Gasteiger partial charge in [0, 0.05) is 21.9 Å². The average molecular weight is 464 g/mol. The first-order valence-corrected chi connectivity index (χ1v) is 9.49. The molecule has 0 aliphatic heterocycles. The summed E-state index contributed by atoms with van der Waals surface area (Å²) in [6.45, 7) is 0. The van der Waals surface area contributed by atoms with E-state index in [2.05, 4.69) is 0 Å². The molecule has 0 radical (unpaired) electrons. The van der Waals surface area contributed by atoms with Crippen LogP contribution in [0.25, 0.3) is 12.2 Å². The molecule has 0 spiro atoms. The molecule has 2 rings (SSSR count). The van der Waals surface area contributed by atoms with Crippen LogP contribution in [0, 0.1) is 0 Å². The predicted octanol–water partition coefficient (Wildman–Crippen LogP) is 6.65. The van der Waals surface area contributed by atoms with Gasteiger partial charge in [-0.2, -0.15) is 0 Å². The third-order valence-electron chi connectivity index (χ3n) is 3.18. The summed E-state index contributed by atoms with van der Waals surface area (Å²) in [5, 5.41) is 18.3. The zero-order valence-corrected chi connectivity index (χ0v) is 17.1. The van der Waals surface area contributed by atoms with E-state index in [4.69, 9.17) is 56.6 Å². The minimum absolute atomic E-state index is 0.211. The van der Waals surface area contributed by atoms with Crippen molar-refractivity contribution in [2.45, 2.75) is 9.79 Å². The van der Waals surface area contributed by atoms with Crippen LogP contribution >= 0.6 is 58.2 Å². The van der Waals surface area contributed by atoms with Crippen LogP contribution in [-0.4, -0.2) is 22.2 Å². The molecule has 0 aromatic heterocycles. The van der Waals surface area contributed by atoms with E-state index in [9.17, 15) is 9.59 Å². The molecule has 4 nitrogen and oxygen atoms in total. The van der Waals surface area contributed by atoms with Crippen molar-refractivity contribution in [3.63, 3.8) is 0 Å². The molecule has 0 fully saturated rings. The normalized spacial score (nSPS) is 11.4. The Morgan fingerprint density at radius 2 is 1.07 bits per heavy atom. The van der Waals surface area contributed by atoms with Gasteiger partial charge in [-0.15, -0.1) is 0 Å². The smallest absolute Gasteiger partial charge is 0.328 e. The summed E-state index contributed by atoms with van der Waals surface area (Å²) in [4.78, 5) is 22.4. The summed E-state index contributed by atoms with van der Waals surface area (Å²) in [6, 6.07) is 6.64. The third kappa shape index (κ3) is 5.67. The number of carboxylic acid groups (broad SMARTS) is 2. The Morgan fingerprint density at radius 3 is 1.41 bits per heavy atom. The van der Waals surface area contributed by atoms with Crippen LogP contribution in [-0.2, 0) is 9.59 Å². The second-order valence-corrected chi connectivity index (χ2v) is 7.60. The number of aliphatic carboxylic acids is 2. The summed E-state index contributed by atoms with van der Waals surface area (Å²) in [6.07, 6.45) is 4.62. The molecule has 2 aromatic rings. The van der Waals surface area contributed by atoms with Crippen LogP contribution in [0.5, 0.6) is 0 Å². The molecule has 27 heavy (non-hydrogen) atoms. The summed E-state index contributed by atoms with van der Waals surface area (Å²) in [5.74, 6) is -2.20. The lowest BCUT2D eigenvalue weighted by Crippen LogP contribution is -1.88. The van der Waals surface area contributed by atoms with Crippen molar-refractivity contribution >= 4 is 82.3 Å². The monoisotopic (exact) mass is 462 g/mol. The molecule has 0 saturated carbocycles. The number of hydrogen-bond acceptors (Lipinski definition) is 3. The number of rotatable bonds is 6. The number of hydrogen-bond donors (Lipinski definition) is 2. The van der Waals surface area contributed by atoms with Gasteiger partial charge >= 0.3 is 11.9 Å². The molecule has 0 unspecified atom stereocenters. The van der Waals surface area contributed by atoms with Gasteiger partial charge < -0.3 is 10.2 Å². The number of carboxylic acids is 2. The molecule has 0 amide bonds. The SMILES string of the molecule is O=C(O)/C=C/c1ccc(Sc2ccc(/C=C/C(=O)O)c(Cl)c2Cl)c(Cl)c1Cl. The molecular formula is C18H10Cl4O4S. The maximum atomic E-state index is 10.6. The molecule has 0 atom stereocenters. The van der Waals surface area contributed by atoms with E-state index < -0.39 is 11.9 Å². The lowest BCUT2D eigenvalue weighted by Gasteiger charge is -2.11. The van der Waals surface area contributed by atoms with Crippen molar-refractivity contribution in [1.82, 2.24) is 0 Å². The second-order valence-electron chi connectivity index (χ2n) is 5.01. The lowest BCUT2D eigenvalue weighted by atomic mass is 10.2. The summed E-state index contributed by atoms with van der Waals surface area (Å²) in [5.41, 5.74) is 0.929. The third-order valence-corrected chi connectivity index (χ3v) is 6.32. The van der Waals surface area contributed by atoms with E-state index in [1.807, 2.05) is 0 Å². The fraction of sp³-hybridized carbons (Fsp3) is 0. The van der Waals surface area contributed by atoms with Gasteiger partial charge in [0.15, 0.2) is 0 Å². The summed E-state index contributed by atoms with van der Waals surface area (Å²) >= 11 is 26.2. The molecule has 0 aliphatic rings. The first-order chi connectivity index (χ1) is 12.7. The quantitative estimate of drug-likeness (QED) is 0.469. The fourth-order valence-corrected chi connectivity index (χ4v) is 3.98. The molecule has 2 aromatic carbocycles. The first kappa shape index (κ1) is 21.7. The highest BCUT2D eigenvalue weighted by Crippen LogP contribution is 2.43. The zero-order valence-electron chi connectivity index (χ0n) is 13.2. The minimum atomic E-state index is -1.10. The van der Waals surface area contributed by atoms with E-state index in [1.54, 1.807) is 24.3 Å². The Balaban J connectivity index is 2.35. The zero-order chi connectivity index (χ0) is 20.1. The van der Waals surface area contributed by atoms with E-state index in [0.717, 1.165) is 12.2 Å². The van der Waals surface area contributed by atoms with E-state index >= 15 is 0 Å². The van der Waals surface area contributed by atoms with Crippen molar-refractivity contribution in [3.05, 3.63) is 67.6 Å². The minimum Gasteiger partial charge on any atom is -0.478 e. The number of halogens is 4. The number of carbonyl (C=O) groups is 2. The van der Waals surface area contributed by atoms with Crippen molar-refractivity contribution in [3.8, 4) is 0 Å². The highest BCUT2D eigenvalue weighted by atomic mass is 35.5. The van der Waals surface area contributed by atoms with E-state index in [-0.39, 0.29) is 20.1 Å². The molecule has 0 bridgehead atoms. The van der Waals surface area contributed by atoms with Crippen LogP contribution < -0.4 is 0 Å². The van der Waals surface area contributed by atoms with Crippen LogP contribution in [0.3, 0.4) is 0 Å². The molecule has 140 valence electrons. The second kappa shape index (κ2) is 9.53. The van der Waals surface area contributed by atoms with E-state index in [1.165, 1.54) is 23.9 Å². The van der Waals surface area contributed by atoms with Gasteiger partial charge in [-0.1, -0.05) is 70.3 Å². The Hall–Kier alpha value is -1.63. The highest BCUT2D eigenvalue weighted by Gasteiger charge is 2.14. The fourth-order valence-electron chi connectivity index (χ4n) is 1.95. The molecule has 0 saturated heterocycles. The maximum absolute atomic E-state index is 10.6. The first-order valence-electron chi connectivity index (χ1n) is 7.16. The molecule has 0 aliphatic carbocycles. The Kier molecular flexibility index (Phi) is 7.65. The standard InChI is InChI=1S/C18H10Cl4O4S/c19-15-9(3-7-13(23)24)1-5-11(17(15)21)27-12-6-2-10(4-8-14(25)26)16(20)18(12)22/h1-8H,(H,23,24)(H,25,26)/b7-3+,8-4+. The van der Waals surface area contributed by atoms with E-state index in [0.29, 0.717) is 20.9 Å². The van der Waals surface area contributed by atoms with Crippen molar-refractivity contribution in [2.75, 3.05) is 0 Å². The summed E-state index contributed by atoms with van der Waals surface area (Å²) < 4.78 is 0. The largest absolute Gasteiger partial charge is 0.478 e. The van der Waals surface area contributed by atoms with Gasteiger partial charge in [0.1, 0.15) is 0 Å². The van der Waals surface area contributed by atoms with Gasteiger partial charge in [0.2, 0.25) is 0 Å². The summed E-state index contributed by atoms with van der Waals surface area (Å²) in [7, 11) is 0. The molecule has 9 heteroatoms. The maximum Gasteiger partial charge on any atom is 0.328 e. The number of benzene rings is 2. The van der Waals surface area contributed by atoms with Gasteiger partial charge in [-0.25, -0.2) is 9.59 Å².